The summed E-state index contributed by atoms with van der Waals surface area (Å²) >= 11 is 3.29. The summed E-state index contributed by atoms with van der Waals surface area (Å²) in [5, 5.41) is 0. The molecule has 0 unspecified atom stereocenters. The Morgan fingerprint density at radius 3 is 2.00 bits per heavy atom. The van der Waals surface area contributed by atoms with Gasteiger partial charge in [-0.2, -0.15) is 30.3 Å². The average molecular weight is 221 g/mol. The molecule has 0 aromatic heterocycles. The molecule has 0 bridgehead atoms. The van der Waals surface area contributed by atoms with Crippen molar-refractivity contribution in [2.24, 2.45) is 0 Å². The Hall–Kier alpha value is 0.323. The molecule has 0 amide bonds. The van der Waals surface area contributed by atoms with Crippen LogP contribution in [0.25, 0.3) is 0 Å². The van der Waals surface area contributed by atoms with Gasteiger partial charge >= 0.3 is 0 Å². The van der Waals surface area contributed by atoms with Crippen LogP contribution >= 0.6 is 15.9 Å². The van der Waals surface area contributed by atoms with Crippen LogP contribution in [-0.4, -0.2) is 0 Å². The quantitative estimate of drug-likeness (QED) is 0.466. The van der Waals surface area contributed by atoms with Crippen LogP contribution in [0.3, 0.4) is 0 Å². The van der Waals surface area contributed by atoms with Crippen molar-refractivity contribution in [2.45, 2.75) is 0 Å². The van der Waals surface area contributed by atoms with Gasteiger partial charge in [-0.3, -0.25) is 0 Å². The number of halogens is 1. The van der Waals surface area contributed by atoms with Gasteiger partial charge in [0.25, 0.3) is 0 Å². The van der Waals surface area contributed by atoms with Gasteiger partial charge in [-0.15, -0.1) is 0 Å². The fourth-order valence-corrected chi connectivity index (χ4v) is 0.631. The molecule has 0 nitrogen and oxygen atoms in total. The second-order valence-electron chi connectivity index (χ2n) is 1.22. The maximum Gasteiger partial charge on any atom is 0 e. The molecule has 0 heterocycles. The maximum atomic E-state index is 3.29. The summed E-state index contributed by atoms with van der Waals surface area (Å²) in [4.78, 5) is 0. The molecule has 0 aliphatic heterocycles. The fourth-order valence-electron chi connectivity index (χ4n) is 0.367. The first kappa shape index (κ1) is 8.32. The van der Waals surface area contributed by atoms with E-state index < -0.39 is 0 Å². The predicted molar refractivity (Wildman–Crippen MR) is 33.0 cm³/mol. The van der Waals surface area contributed by atoms with Gasteiger partial charge in [0.15, 0.2) is 0 Å². The van der Waals surface area contributed by atoms with Gasteiger partial charge in [0.1, 0.15) is 0 Å². The number of rotatable bonds is 0. The summed E-state index contributed by atoms with van der Waals surface area (Å²) < 4.78 is 1.10. The number of benzene rings is 1. The Labute approximate surface area is 70.2 Å². The van der Waals surface area contributed by atoms with Crippen LogP contribution in [0.5, 0.6) is 0 Å². The van der Waals surface area contributed by atoms with Gasteiger partial charge in [-0.1, -0.05) is 20.4 Å². The summed E-state index contributed by atoms with van der Waals surface area (Å²) in [6.07, 6.45) is 0. The van der Waals surface area contributed by atoms with E-state index in [9.17, 15) is 0 Å². The monoisotopic (exact) mass is 219 g/mol. The minimum absolute atomic E-state index is 0. The van der Waals surface area contributed by atoms with Gasteiger partial charge in [0.05, 0.1) is 0 Å². The van der Waals surface area contributed by atoms with Crippen molar-refractivity contribution >= 4 is 15.9 Å². The van der Waals surface area contributed by atoms with E-state index >= 15 is 0 Å². The normalized spacial score (nSPS) is 7.62. The molecule has 1 aromatic carbocycles. The molecule has 0 atom stereocenters. The minimum atomic E-state index is 0. The van der Waals surface area contributed by atoms with Crippen molar-refractivity contribution in [1.82, 2.24) is 0 Å². The average Bonchev–Trinajstić information content (AvgIpc) is 1.69. The predicted octanol–water partition coefficient (Wildman–Crippen LogP) is 2.25. The van der Waals surface area contributed by atoms with Gasteiger partial charge in [0.2, 0.25) is 0 Å². The SMILES string of the molecule is Brc1cc[c-]cc1.[Zn]. The molecule has 2 heteroatoms. The van der Waals surface area contributed by atoms with Crippen molar-refractivity contribution in [1.29, 1.82) is 0 Å². The van der Waals surface area contributed by atoms with Crippen LogP contribution < -0.4 is 0 Å². The molecule has 1 aromatic rings. The molecule has 0 spiro atoms. The van der Waals surface area contributed by atoms with Crippen molar-refractivity contribution in [2.75, 3.05) is 0 Å². The second-order valence-corrected chi connectivity index (χ2v) is 2.13. The fraction of sp³-hybridized carbons (Fsp3) is 0. The van der Waals surface area contributed by atoms with Gasteiger partial charge in [0, 0.05) is 19.5 Å². The van der Waals surface area contributed by atoms with E-state index in [0.29, 0.717) is 0 Å². The largest absolute Gasteiger partial charge is 0.184 e. The summed E-state index contributed by atoms with van der Waals surface area (Å²) in [5.74, 6) is 0. The Balaban J connectivity index is 0.000000490. The van der Waals surface area contributed by atoms with Gasteiger partial charge in [-0.25, -0.2) is 0 Å². The van der Waals surface area contributed by atoms with E-state index in [1.807, 2.05) is 24.3 Å². The van der Waals surface area contributed by atoms with Crippen LogP contribution in [-0.2, 0) is 19.5 Å². The molecule has 0 aliphatic rings. The Kier molecular flexibility index (Phi) is 4.40. The smallest absolute Gasteiger partial charge is 0 e. The summed E-state index contributed by atoms with van der Waals surface area (Å²) in [7, 11) is 0. The molecule has 0 fully saturated rings. The molecular formula is C6H4BrZn-. The standard InChI is InChI=1S/C6H4Br.Zn/c7-6-4-2-1-3-5-6;/h2-5H;/q-1;. The first-order chi connectivity index (χ1) is 3.39. The summed E-state index contributed by atoms with van der Waals surface area (Å²) in [6.45, 7) is 0. The zero-order chi connectivity index (χ0) is 5.11. The van der Waals surface area contributed by atoms with Gasteiger partial charge < -0.3 is 0 Å². The van der Waals surface area contributed by atoms with E-state index in [4.69, 9.17) is 0 Å². The van der Waals surface area contributed by atoms with E-state index in [2.05, 4.69) is 22.0 Å². The van der Waals surface area contributed by atoms with E-state index in [1.54, 1.807) is 0 Å². The summed E-state index contributed by atoms with van der Waals surface area (Å²) in [5.41, 5.74) is 0. The molecule has 0 N–H and O–H groups in total. The van der Waals surface area contributed by atoms with Crippen LogP contribution in [0.2, 0.25) is 0 Å². The van der Waals surface area contributed by atoms with Crippen LogP contribution in [0, 0.1) is 6.07 Å². The van der Waals surface area contributed by atoms with E-state index in [-0.39, 0.29) is 19.5 Å². The number of hydrogen-bond donors (Lipinski definition) is 0. The third kappa shape index (κ3) is 2.59. The molecule has 38 valence electrons. The second kappa shape index (κ2) is 4.23. The van der Waals surface area contributed by atoms with Crippen molar-refractivity contribution in [3.8, 4) is 0 Å². The minimum Gasteiger partial charge on any atom is -0.184 e. The van der Waals surface area contributed by atoms with Crippen molar-refractivity contribution in [3.63, 3.8) is 0 Å². The molecule has 1 rings (SSSR count). The van der Waals surface area contributed by atoms with Crippen LogP contribution in [0.1, 0.15) is 0 Å². The zero-order valence-electron chi connectivity index (χ0n) is 4.39. The molecule has 0 saturated heterocycles. The first-order valence-electron chi connectivity index (χ1n) is 2.01. The molecular weight excluding hydrogens is 217 g/mol. The van der Waals surface area contributed by atoms with E-state index in [1.165, 1.54) is 0 Å². The third-order valence-corrected chi connectivity index (χ3v) is 1.21. The topological polar surface area (TPSA) is 0 Å². The zero-order valence-corrected chi connectivity index (χ0v) is 8.95. The van der Waals surface area contributed by atoms with Crippen LogP contribution in [0.15, 0.2) is 28.7 Å². The third-order valence-electron chi connectivity index (χ3n) is 0.678. The van der Waals surface area contributed by atoms with Gasteiger partial charge in [-0.05, 0) is 0 Å². The summed E-state index contributed by atoms with van der Waals surface area (Å²) in [6, 6.07) is 10.5. The molecule has 0 aliphatic carbocycles. The van der Waals surface area contributed by atoms with Crippen molar-refractivity contribution < 1.29 is 19.5 Å². The Morgan fingerprint density at radius 2 is 1.75 bits per heavy atom. The number of hydrogen-bond acceptors (Lipinski definition) is 0. The Bertz CT molecular complexity index is 138. The molecule has 8 heavy (non-hydrogen) atoms. The maximum absolute atomic E-state index is 3.29. The molecule has 0 saturated carbocycles. The van der Waals surface area contributed by atoms with E-state index in [0.717, 1.165) is 4.47 Å². The van der Waals surface area contributed by atoms with Crippen LogP contribution in [0.4, 0.5) is 0 Å². The van der Waals surface area contributed by atoms with Crippen molar-refractivity contribution in [3.05, 3.63) is 34.8 Å². The Morgan fingerprint density at radius 1 is 1.25 bits per heavy atom. The molecule has 0 radical (unpaired) electrons. The first-order valence-corrected chi connectivity index (χ1v) is 2.80.